The Balaban J connectivity index is 2.81. The molecule has 0 atom stereocenters. The number of nitro benzene ring substituents is 1. The number of hydrogen-bond donors (Lipinski definition) is 1. The third kappa shape index (κ3) is 4.23. The van der Waals surface area contributed by atoms with Crippen molar-refractivity contribution in [1.29, 1.82) is 0 Å². The molecule has 0 aliphatic rings. The highest BCUT2D eigenvalue weighted by Gasteiger charge is 2.17. The van der Waals surface area contributed by atoms with Gasteiger partial charge in [0.1, 0.15) is 6.54 Å². The second-order valence-corrected chi connectivity index (χ2v) is 4.48. The van der Waals surface area contributed by atoms with Gasteiger partial charge in [-0.05, 0) is 25.3 Å². The molecule has 1 N–H and O–H groups in total. The van der Waals surface area contributed by atoms with Crippen LogP contribution >= 0.6 is 11.8 Å². The van der Waals surface area contributed by atoms with Gasteiger partial charge in [0.15, 0.2) is 0 Å². The number of carbonyl (C=O) groups is 2. The van der Waals surface area contributed by atoms with E-state index in [1.165, 1.54) is 30.0 Å². The maximum atomic E-state index is 11.8. The molecule has 0 spiro atoms. The fourth-order valence-corrected chi connectivity index (χ4v) is 1.99. The summed E-state index contributed by atoms with van der Waals surface area (Å²) in [7, 11) is 0. The maximum Gasteiger partial charge on any atom is 0.325 e. The van der Waals surface area contributed by atoms with Gasteiger partial charge in [0.05, 0.1) is 16.4 Å². The summed E-state index contributed by atoms with van der Waals surface area (Å²) in [6.07, 6.45) is 1.71. The third-order valence-corrected chi connectivity index (χ3v) is 3.12. The first-order chi connectivity index (χ1) is 9.49. The van der Waals surface area contributed by atoms with Crippen LogP contribution in [0.15, 0.2) is 23.1 Å². The molecule has 0 bridgehead atoms. The zero-order valence-electron chi connectivity index (χ0n) is 11.0. The summed E-state index contributed by atoms with van der Waals surface area (Å²) in [5.74, 6) is -1.12. The Morgan fingerprint density at radius 1 is 1.45 bits per heavy atom. The molecular formula is C12H14N2O5S. The Hall–Kier alpha value is -2.09. The van der Waals surface area contributed by atoms with Crippen LogP contribution in [0.4, 0.5) is 5.69 Å². The van der Waals surface area contributed by atoms with Crippen molar-refractivity contribution < 1.29 is 19.2 Å². The third-order valence-electron chi connectivity index (χ3n) is 2.34. The van der Waals surface area contributed by atoms with E-state index in [4.69, 9.17) is 0 Å². The molecule has 0 saturated heterocycles. The lowest BCUT2D eigenvalue weighted by Crippen LogP contribution is -2.30. The van der Waals surface area contributed by atoms with Crippen molar-refractivity contribution in [3.8, 4) is 0 Å². The molecule has 7 nitrogen and oxygen atoms in total. The van der Waals surface area contributed by atoms with Gasteiger partial charge in [0.2, 0.25) is 0 Å². The molecule has 1 amide bonds. The molecule has 0 radical (unpaired) electrons. The minimum Gasteiger partial charge on any atom is -0.465 e. The molecular weight excluding hydrogens is 284 g/mol. The zero-order valence-corrected chi connectivity index (χ0v) is 11.9. The number of nitrogens with one attached hydrogen (secondary N) is 1. The normalized spacial score (nSPS) is 9.90. The number of amides is 1. The highest BCUT2D eigenvalue weighted by Crippen LogP contribution is 2.28. The van der Waals surface area contributed by atoms with Gasteiger partial charge in [0, 0.05) is 11.6 Å². The topological polar surface area (TPSA) is 98.5 Å². The predicted octanol–water partition coefficient (Wildman–Crippen LogP) is 1.61. The second kappa shape index (κ2) is 7.49. The smallest absolute Gasteiger partial charge is 0.325 e. The van der Waals surface area contributed by atoms with Crippen molar-refractivity contribution in [3.05, 3.63) is 33.9 Å². The van der Waals surface area contributed by atoms with E-state index in [2.05, 4.69) is 10.1 Å². The fourth-order valence-electron chi connectivity index (χ4n) is 1.44. The highest BCUT2D eigenvalue weighted by atomic mass is 32.2. The maximum absolute atomic E-state index is 11.8. The van der Waals surface area contributed by atoms with E-state index >= 15 is 0 Å². The number of benzene rings is 1. The summed E-state index contributed by atoms with van der Waals surface area (Å²) < 4.78 is 4.66. The van der Waals surface area contributed by atoms with Gasteiger partial charge in [-0.3, -0.25) is 19.7 Å². The summed E-state index contributed by atoms with van der Waals surface area (Å²) in [5, 5.41) is 13.2. The quantitative estimate of drug-likeness (QED) is 0.371. The van der Waals surface area contributed by atoms with E-state index < -0.39 is 16.8 Å². The fraction of sp³-hybridized carbons (Fsp3) is 0.333. The molecule has 0 aliphatic heterocycles. The molecule has 0 aliphatic carbocycles. The van der Waals surface area contributed by atoms with Crippen molar-refractivity contribution in [2.45, 2.75) is 11.8 Å². The molecule has 0 saturated carbocycles. The van der Waals surface area contributed by atoms with Crippen LogP contribution in [0.2, 0.25) is 0 Å². The molecule has 108 valence electrons. The summed E-state index contributed by atoms with van der Waals surface area (Å²) in [6, 6.07) is 4.16. The number of rotatable bonds is 6. The van der Waals surface area contributed by atoms with E-state index in [9.17, 15) is 19.7 Å². The summed E-state index contributed by atoms with van der Waals surface area (Å²) in [5.41, 5.74) is -0.0138. The van der Waals surface area contributed by atoms with Crippen LogP contribution in [0.3, 0.4) is 0 Å². The number of thioether (sulfide) groups is 1. The summed E-state index contributed by atoms with van der Waals surface area (Å²) in [4.78, 5) is 33.7. The first-order valence-electron chi connectivity index (χ1n) is 5.75. The van der Waals surface area contributed by atoms with E-state index in [-0.39, 0.29) is 24.4 Å². The molecule has 1 aromatic rings. The lowest BCUT2D eigenvalue weighted by Gasteiger charge is -2.06. The van der Waals surface area contributed by atoms with Crippen LogP contribution in [0.5, 0.6) is 0 Å². The van der Waals surface area contributed by atoms with Gasteiger partial charge in [-0.1, -0.05) is 0 Å². The van der Waals surface area contributed by atoms with Gasteiger partial charge < -0.3 is 10.1 Å². The van der Waals surface area contributed by atoms with Crippen LogP contribution in [0, 0.1) is 10.1 Å². The number of nitro groups is 1. The zero-order chi connectivity index (χ0) is 15.1. The van der Waals surface area contributed by atoms with E-state index in [0.29, 0.717) is 4.90 Å². The molecule has 0 heterocycles. The van der Waals surface area contributed by atoms with E-state index in [1.54, 1.807) is 13.2 Å². The molecule has 1 aromatic carbocycles. The molecule has 1 rings (SSSR count). The van der Waals surface area contributed by atoms with Gasteiger partial charge in [0.25, 0.3) is 11.6 Å². The van der Waals surface area contributed by atoms with E-state index in [1.807, 2.05) is 0 Å². The van der Waals surface area contributed by atoms with Crippen molar-refractivity contribution in [2.24, 2.45) is 0 Å². The standard InChI is InChI=1S/C12H14N2O5S/c1-3-19-11(15)7-13-12(16)8-4-5-10(20-2)9(6-8)14(17)18/h4-6H,3,7H2,1-2H3,(H,13,16). The molecule has 0 aromatic heterocycles. The van der Waals surface area contributed by atoms with Gasteiger partial charge in [-0.15, -0.1) is 11.8 Å². The Morgan fingerprint density at radius 2 is 2.15 bits per heavy atom. The van der Waals surface area contributed by atoms with Gasteiger partial charge >= 0.3 is 5.97 Å². The van der Waals surface area contributed by atoms with Crippen LogP contribution < -0.4 is 5.32 Å². The van der Waals surface area contributed by atoms with Gasteiger partial charge in [-0.2, -0.15) is 0 Å². The van der Waals surface area contributed by atoms with Gasteiger partial charge in [-0.25, -0.2) is 0 Å². The molecule has 0 unspecified atom stereocenters. The monoisotopic (exact) mass is 298 g/mol. The SMILES string of the molecule is CCOC(=O)CNC(=O)c1ccc(SC)c([N+](=O)[O-])c1. The number of esters is 1. The number of carbonyl (C=O) groups excluding carboxylic acids is 2. The van der Waals surface area contributed by atoms with Crippen LogP contribution in [0.25, 0.3) is 0 Å². The Labute approximate surface area is 119 Å². The van der Waals surface area contributed by atoms with Crippen LogP contribution in [0.1, 0.15) is 17.3 Å². The van der Waals surface area contributed by atoms with Crippen molar-refractivity contribution in [3.63, 3.8) is 0 Å². The van der Waals surface area contributed by atoms with E-state index in [0.717, 1.165) is 0 Å². The first-order valence-corrected chi connectivity index (χ1v) is 6.98. The van der Waals surface area contributed by atoms with Crippen LogP contribution in [-0.2, 0) is 9.53 Å². The Morgan fingerprint density at radius 3 is 2.70 bits per heavy atom. The van der Waals surface area contributed by atoms with Crippen molar-refractivity contribution in [2.75, 3.05) is 19.4 Å². The van der Waals surface area contributed by atoms with Crippen molar-refractivity contribution >= 4 is 29.3 Å². The number of hydrogen-bond acceptors (Lipinski definition) is 6. The number of ether oxygens (including phenoxy) is 1. The largest absolute Gasteiger partial charge is 0.465 e. The average molecular weight is 298 g/mol. The minimum absolute atomic E-state index is 0.124. The average Bonchev–Trinajstić information content (AvgIpc) is 2.44. The molecule has 8 heteroatoms. The Bertz CT molecular complexity index is 533. The van der Waals surface area contributed by atoms with Crippen molar-refractivity contribution in [1.82, 2.24) is 5.32 Å². The summed E-state index contributed by atoms with van der Waals surface area (Å²) >= 11 is 1.22. The molecule has 0 fully saturated rings. The lowest BCUT2D eigenvalue weighted by molar-refractivity contribution is -0.387. The summed E-state index contributed by atoms with van der Waals surface area (Å²) in [6.45, 7) is 1.61. The second-order valence-electron chi connectivity index (χ2n) is 3.63. The first kappa shape index (κ1) is 16.0. The Kier molecular flexibility index (Phi) is 5.98. The number of nitrogens with zero attached hydrogens (tertiary/aromatic N) is 1. The lowest BCUT2D eigenvalue weighted by atomic mass is 10.2. The highest BCUT2D eigenvalue weighted by molar-refractivity contribution is 7.98. The molecule has 20 heavy (non-hydrogen) atoms. The van der Waals surface area contributed by atoms with Crippen LogP contribution in [-0.4, -0.2) is 36.2 Å². The predicted molar refractivity (Wildman–Crippen MR) is 73.8 cm³/mol. The minimum atomic E-state index is -0.561.